The molecule has 0 spiro atoms. The molecule has 2 saturated heterocycles. The van der Waals surface area contributed by atoms with Gasteiger partial charge in [-0.3, -0.25) is 4.79 Å². The van der Waals surface area contributed by atoms with Crippen LogP contribution in [0.2, 0.25) is 0 Å². The number of piperidine rings is 1. The summed E-state index contributed by atoms with van der Waals surface area (Å²) in [5.41, 5.74) is 0. The number of amides is 1. The van der Waals surface area contributed by atoms with Gasteiger partial charge in [0.2, 0.25) is 5.91 Å². The highest BCUT2D eigenvalue weighted by atomic mass is 16.5. The van der Waals surface area contributed by atoms with Crippen LogP contribution in [0.25, 0.3) is 0 Å². The summed E-state index contributed by atoms with van der Waals surface area (Å²) in [6.45, 7) is 5.98. The topological polar surface area (TPSA) is 61.8 Å². The zero-order valence-electron chi connectivity index (χ0n) is 11.3. The molecule has 0 saturated carbocycles. The van der Waals surface area contributed by atoms with E-state index in [2.05, 4.69) is 19.2 Å². The zero-order chi connectivity index (χ0) is 13.1. The summed E-state index contributed by atoms with van der Waals surface area (Å²) in [5, 5.41) is 12.5. The van der Waals surface area contributed by atoms with E-state index in [1.807, 2.05) is 4.90 Å². The van der Waals surface area contributed by atoms with Gasteiger partial charge in [0, 0.05) is 19.1 Å². The van der Waals surface area contributed by atoms with Gasteiger partial charge in [0.15, 0.2) is 0 Å². The van der Waals surface area contributed by atoms with Gasteiger partial charge in [-0.15, -0.1) is 0 Å². The molecule has 0 aromatic heterocycles. The Morgan fingerprint density at radius 1 is 1.44 bits per heavy atom. The smallest absolute Gasteiger partial charge is 0.239 e. The average Bonchev–Trinajstić information content (AvgIpc) is 2.37. The summed E-state index contributed by atoms with van der Waals surface area (Å²) in [5.74, 6) is 0.750. The van der Waals surface area contributed by atoms with Crippen LogP contribution in [0.4, 0.5) is 0 Å². The van der Waals surface area contributed by atoms with E-state index in [9.17, 15) is 4.79 Å². The van der Waals surface area contributed by atoms with Crippen LogP contribution in [-0.4, -0.2) is 60.4 Å². The number of nitrogens with zero attached hydrogens (tertiary/aromatic N) is 1. The molecule has 0 aromatic carbocycles. The lowest BCUT2D eigenvalue weighted by Crippen LogP contribution is -2.56. The van der Waals surface area contributed by atoms with Crippen molar-refractivity contribution in [3.63, 3.8) is 0 Å². The van der Waals surface area contributed by atoms with Crippen molar-refractivity contribution in [1.82, 2.24) is 10.2 Å². The van der Waals surface area contributed by atoms with Gasteiger partial charge in [-0.25, -0.2) is 0 Å². The second-order valence-electron chi connectivity index (χ2n) is 5.66. The molecule has 5 heteroatoms. The maximum atomic E-state index is 12.4. The molecular formula is C13H24N2O3. The van der Waals surface area contributed by atoms with Crippen molar-refractivity contribution in [2.24, 2.45) is 5.92 Å². The number of carbonyl (C=O) groups is 1. The highest BCUT2D eigenvalue weighted by Gasteiger charge is 2.33. The van der Waals surface area contributed by atoms with E-state index in [1.165, 1.54) is 0 Å². The third-order valence-electron chi connectivity index (χ3n) is 3.83. The molecule has 0 aromatic rings. The standard InChI is InChI=1S/C13H24N2O3/c1-9-5-10(2)14-12(6-9)13(17)15-3-4-18-11(7-15)8-16/h9-12,14,16H,3-8H2,1-2H3. The van der Waals surface area contributed by atoms with E-state index >= 15 is 0 Å². The van der Waals surface area contributed by atoms with Crippen molar-refractivity contribution in [3.8, 4) is 0 Å². The first-order valence-electron chi connectivity index (χ1n) is 6.87. The van der Waals surface area contributed by atoms with Gasteiger partial charge in [0.1, 0.15) is 0 Å². The number of morpholine rings is 1. The van der Waals surface area contributed by atoms with Crippen LogP contribution in [0, 0.1) is 5.92 Å². The minimum Gasteiger partial charge on any atom is -0.394 e. The molecule has 0 aliphatic carbocycles. The quantitative estimate of drug-likeness (QED) is 0.729. The number of carbonyl (C=O) groups excluding carboxylic acids is 1. The van der Waals surface area contributed by atoms with Crippen LogP contribution in [0.15, 0.2) is 0 Å². The molecule has 1 amide bonds. The summed E-state index contributed by atoms with van der Waals surface area (Å²) in [6.07, 6.45) is 1.82. The molecule has 4 unspecified atom stereocenters. The summed E-state index contributed by atoms with van der Waals surface area (Å²) in [6, 6.07) is 0.332. The Morgan fingerprint density at radius 3 is 2.89 bits per heavy atom. The van der Waals surface area contributed by atoms with Gasteiger partial charge < -0.3 is 20.1 Å². The lowest BCUT2D eigenvalue weighted by molar-refractivity contribution is -0.143. The van der Waals surface area contributed by atoms with Crippen molar-refractivity contribution in [2.75, 3.05) is 26.3 Å². The van der Waals surface area contributed by atoms with E-state index < -0.39 is 0 Å². The molecule has 5 nitrogen and oxygen atoms in total. The van der Waals surface area contributed by atoms with Crippen molar-refractivity contribution in [2.45, 2.75) is 44.9 Å². The minimum absolute atomic E-state index is 0.0192. The fourth-order valence-electron chi connectivity index (χ4n) is 3.00. The van der Waals surface area contributed by atoms with E-state index in [-0.39, 0.29) is 24.7 Å². The first-order chi connectivity index (χ1) is 8.60. The molecule has 2 heterocycles. The average molecular weight is 256 g/mol. The van der Waals surface area contributed by atoms with Crippen LogP contribution in [0.5, 0.6) is 0 Å². The van der Waals surface area contributed by atoms with Crippen LogP contribution in [0.3, 0.4) is 0 Å². The molecule has 2 aliphatic rings. The summed E-state index contributed by atoms with van der Waals surface area (Å²) in [7, 11) is 0. The number of hydrogen-bond acceptors (Lipinski definition) is 4. The van der Waals surface area contributed by atoms with Crippen LogP contribution in [0.1, 0.15) is 26.7 Å². The van der Waals surface area contributed by atoms with Gasteiger partial charge in [0.25, 0.3) is 0 Å². The van der Waals surface area contributed by atoms with E-state index in [1.54, 1.807) is 0 Å². The molecule has 104 valence electrons. The predicted molar refractivity (Wildman–Crippen MR) is 68.2 cm³/mol. The number of rotatable bonds is 2. The Hall–Kier alpha value is -0.650. The normalized spacial score (nSPS) is 37.6. The lowest BCUT2D eigenvalue weighted by Gasteiger charge is -2.38. The number of nitrogens with one attached hydrogen (secondary N) is 1. The molecule has 2 aliphatic heterocycles. The number of hydrogen-bond donors (Lipinski definition) is 2. The Balaban J connectivity index is 1.93. The molecule has 18 heavy (non-hydrogen) atoms. The zero-order valence-corrected chi connectivity index (χ0v) is 11.3. The highest BCUT2D eigenvalue weighted by molar-refractivity contribution is 5.82. The molecule has 4 atom stereocenters. The van der Waals surface area contributed by atoms with Crippen molar-refractivity contribution < 1.29 is 14.6 Å². The number of ether oxygens (including phenoxy) is 1. The first-order valence-corrected chi connectivity index (χ1v) is 6.87. The summed E-state index contributed by atoms with van der Waals surface area (Å²) in [4.78, 5) is 14.3. The highest BCUT2D eigenvalue weighted by Crippen LogP contribution is 2.21. The fraction of sp³-hybridized carbons (Fsp3) is 0.923. The molecule has 2 N–H and O–H groups in total. The Labute approximate surface area is 108 Å². The number of aliphatic hydroxyl groups is 1. The SMILES string of the molecule is CC1CC(C)NC(C(=O)N2CCOC(CO)C2)C1. The molecule has 0 radical (unpaired) electrons. The third kappa shape index (κ3) is 3.22. The molecule has 2 fully saturated rings. The van der Waals surface area contributed by atoms with Crippen molar-refractivity contribution in [1.29, 1.82) is 0 Å². The second-order valence-corrected chi connectivity index (χ2v) is 5.66. The van der Waals surface area contributed by atoms with Gasteiger partial charge in [-0.1, -0.05) is 6.92 Å². The van der Waals surface area contributed by atoms with Gasteiger partial charge in [-0.2, -0.15) is 0 Å². The lowest BCUT2D eigenvalue weighted by atomic mass is 9.89. The van der Waals surface area contributed by atoms with Crippen molar-refractivity contribution in [3.05, 3.63) is 0 Å². The van der Waals surface area contributed by atoms with E-state index in [0.29, 0.717) is 31.7 Å². The monoisotopic (exact) mass is 256 g/mol. The van der Waals surface area contributed by atoms with Gasteiger partial charge in [0.05, 0.1) is 25.4 Å². The maximum absolute atomic E-state index is 12.4. The van der Waals surface area contributed by atoms with Crippen LogP contribution < -0.4 is 5.32 Å². The maximum Gasteiger partial charge on any atom is 0.239 e. The predicted octanol–water partition coefficient (Wildman–Crippen LogP) is -0.0173. The number of aliphatic hydroxyl groups excluding tert-OH is 1. The summed E-state index contributed by atoms with van der Waals surface area (Å²) < 4.78 is 5.37. The second kappa shape index (κ2) is 5.99. The van der Waals surface area contributed by atoms with Crippen LogP contribution in [-0.2, 0) is 9.53 Å². The largest absolute Gasteiger partial charge is 0.394 e. The van der Waals surface area contributed by atoms with Crippen molar-refractivity contribution >= 4 is 5.91 Å². The Bertz CT molecular complexity index is 288. The molecular weight excluding hydrogens is 232 g/mol. The van der Waals surface area contributed by atoms with Gasteiger partial charge >= 0.3 is 0 Å². The fourth-order valence-corrected chi connectivity index (χ4v) is 3.00. The van der Waals surface area contributed by atoms with Crippen LogP contribution >= 0.6 is 0 Å². The van der Waals surface area contributed by atoms with Gasteiger partial charge in [-0.05, 0) is 25.7 Å². The third-order valence-corrected chi connectivity index (χ3v) is 3.83. The Morgan fingerprint density at radius 2 is 2.22 bits per heavy atom. The Kier molecular flexibility index (Phi) is 4.59. The minimum atomic E-state index is -0.221. The van der Waals surface area contributed by atoms with E-state index in [0.717, 1.165) is 12.8 Å². The first kappa shape index (κ1) is 13.8. The molecule has 2 rings (SSSR count). The summed E-state index contributed by atoms with van der Waals surface area (Å²) >= 11 is 0. The van der Waals surface area contributed by atoms with E-state index in [4.69, 9.17) is 9.84 Å². The molecule has 0 bridgehead atoms.